The lowest BCUT2D eigenvalue weighted by Crippen LogP contribution is -2.03. The second-order valence-corrected chi connectivity index (χ2v) is 6.75. The highest BCUT2D eigenvalue weighted by Crippen LogP contribution is 2.24. The molecule has 26 heavy (non-hydrogen) atoms. The number of hydrogen-bond donors (Lipinski definition) is 1. The number of hydrogen-bond acceptors (Lipinski definition) is 4. The monoisotopic (exact) mass is 384 g/mol. The van der Waals surface area contributed by atoms with E-state index in [1.165, 1.54) is 0 Å². The standard InChI is InChI=1S/C20H18Cl2N4/c1-12-6-4-5-7-16(12)19-11-20(24-14(3)23-19)26-25-13(2)15-8-9-17(21)18(22)10-15/h4-11H,1-3H3,(H,23,24,26)/b25-13-. The fourth-order valence-corrected chi connectivity index (χ4v) is 2.85. The topological polar surface area (TPSA) is 50.2 Å². The van der Waals surface area contributed by atoms with E-state index in [-0.39, 0.29) is 0 Å². The van der Waals surface area contributed by atoms with Crippen molar-refractivity contribution in [1.29, 1.82) is 0 Å². The molecule has 0 bridgehead atoms. The average molecular weight is 385 g/mol. The summed E-state index contributed by atoms with van der Waals surface area (Å²) >= 11 is 12.0. The van der Waals surface area contributed by atoms with Gasteiger partial charge in [0.25, 0.3) is 0 Å². The van der Waals surface area contributed by atoms with Crippen LogP contribution in [0.5, 0.6) is 0 Å². The van der Waals surface area contributed by atoms with Crippen LogP contribution in [-0.4, -0.2) is 15.7 Å². The van der Waals surface area contributed by atoms with Gasteiger partial charge in [0.15, 0.2) is 0 Å². The molecule has 0 fully saturated rings. The summed E-state index contributed by atoms with van der Waals surface area (Å²) in [5.74, 6) is 1.31. The Bertz CT molecular complexity index is 983. The maximum Gasteiger partial charge on any atom is 0.150 e. The molecule has 1 heterocycles. The lowest BCUT2D eigenvalue weighted by molar-refractivity contribution is 1.05. The van der Waals surface area contributed by atoms with Gasteiger partial charge >= 0.3 is 0 Å². The van der Waals surface area contributed by atoms with Gasteiger partial charge in [0, 0.05) is 11.6 Å². The van der Waals surface area contributed by atoms with Crippen LogP contribution in [0.2, 0.25) is 10.0 Å². The molecular weight excluding hydrogens is 367 g/mol. The Hall–Kier alpha value is -2.43. The number of anilines is 1. The van der Waals surface area contributed by atoms with Gasteiger partial charge in [-0.2, -0.15) is 5.10 Å². The predicted octanol–water partition coefficient (Wildman–Crippen LogP) is 5.90. The van der Waals surface area contributed by atoms with E-state index in [4.69, 9.17) is 23.2 Å². The molecule has 6 heteroatoms. The molecule has 4 nitrogen and oxygen atoms in total. The quantitative estimate of drug-likeness (QED) is 0.449. The molecular formula is C20H18Cl2N4. The van der Waals surface area contributed by atoms with Crippen molar-refractivity contribution in [2.24, 2.45) is 5.10 Å². The van der Waals surface area contributed by atoms with E-state index in [1.807, 2.05) is 44.2 Å². The first-order valence-corrected chi connectivity index (χ1v) is 8.87. The zero-order chi connectivity index (χ0) is 18.7. The SMILES string of the molecule is C/C(=N/Nc1cc(-c2ccccc2C)nc(C)n1)c1ccc(Cl)c(Cl)c1. The molecule has 0 atom stereocenters. The van der Waals surface area contributed by atoms with Gasteiger partial charge < -0.3 is 0 Å². The third-order valence-electron chi connectivity index (χ3n) is 3.93. The second-order valence-electron chi connectivity index (χ2n) is 5.94. The third kappa shape index (κ3) is 4.21. The zero-order valence-corrected chi connectivity index (χ0v) is 16.2. The Morgan fingerprint density at radius 1 is 0.962 bits per heavy atom. The van der Waals surface area contributed by atoms with E-state index < -0.39 is 0 Å². The van der Waals surface area contributed by atoms with E-state index in [2.05, 4.69) is 33.5 Å². The molecule has 0 aliphatic rings. The van der Waals surface area contributed by atoms with E-state index in [0.29, 0.717) is 21.7 Å². The second kappa shape index (κ2) is 7.85. The molecule has 0 unspecified atom stereocenters. The third-order valence-corrected chi connectivity index (χ3v) is 4.67. The van der Waals surface area contributed by atoms with E-state index >= 15 is 0 Å². The fraction of sp³-hybridized carbons (Fsp3) is 0.150. The van der Waals surface area contributed by atoms with Crippen molar-refractivity contribution in [3.05, 3.63) is 75.5 Å². The van der Waals surface area contributed by atoms with Crippen LogP contribution >= 0.6 is 23.2 Å². The highest BCUT2D eigenvalue weighted by Gasteiger charge is 2.07. The summed E-state index contributed by atoms with van der Waals surface area (Å²) in [6.07, 6.45) is 0. The van der Waals surface area contributed by atoms with Crippen LogP contribution in [0.25, 0.3) is 11.3 Å². The van der Waals surface area contributed by atoms with Gasteiger partial charge in [-0.05, 0) is 44.0 Å². The Morgan fingerprint density at radius 3 is 2.46 bits per heavy atom. The van der Waals surface area contributed by atoms with Gasteiger partial charge in [0.05, 0.1) is 21.5 Å². The maximum atomic E-state index is 6.07. The van der Waals surface area contributed by atoms with Gasteiger partial charge in [-0.1, -0.05) is 53.5 Å². The fourth-order valence-electron chi connectivity index (χ4n) is 2.55. The van der Waals surface area contributed by atoms with Crippen molar-refractivity contribution >= 4 is 34.7 Å². The summed E-state index contributed by atoms with van der Waals surface area (Å²) in [5, 5.41) is 5.43. The smallest absolute Gasteiger partial charge is 0.150 e. The van der Waals surface area contributed by atoms with Crippen LogP contribution in [0, 0.1) is 13.8 Å². The van der Waals surface area contributed by atoms with Crippen molar-refractivity contribution in [2.45, 2.75) is 20.8 Å². The molecule has 2 aromatic carbocycles. The van der Waals surface area contributed by atoms with Gasteiger partial charge in [-0.3, -0.25) is 5.43 Å². The minimum absolute atomic E-state index is 0.499. The molecule has 0 amide bonds. The first-order valence-electron chi connectivity index (χ1n) is 8.11. The molecule has 0 radical (unpaired) electrons. The van der Waals surface area contributed by atoms with Crippen molar-refractivity contribution in [1.82, 2.24) is 9.97 Å². The predicted molar refractivity (Wildman–Crippen MR) is 109 cm³/mol. The van der Waals surface area contributed by atoms with E-state index in [0.717, 1.165) is 28.1 Å². The molecule has 3 aromatic rings. The van der Waals surface area contributed by atoms with Crippen LogP contribution < -0.4 is 5.43 Å². The number of hydrazone groups is 1. The maximum absolute atomic E-state index is 6.07. The van der Waals surface area contributed by atoms with Crippen LogP contribution in [0.4, 0.5) is 5.82 Å². The summed E-state index contributed by atoms with van der Waals surface area (Å²) < 4.78 is 0. The minimum Gasteiger partial charge on any atom is -0.261 e. The lowest BCUT2D eigenvalue weighted by Gasteiger charge is -2.09. The molecule has 3 rings (SSSR count). The van der Waals surface area contributed by atoms with Crippen LogP contribution in [0.15, 0.2) is 53.6 Å². The highest BCUT2D eigenvalue weighted by atomic mass is 35.5. The van der Waals surface area contributed by atoms with Gasteiger partial charge in [0.2, 0.25) is 0 Å². The average Bonchev–Trinajstić information content (AvgIpc) is 2.62. The van der Waals surface area contributed by atoms with Crippen LogP contribution in [0.3, 0.4) is 0 Å². The van der Waals surface area contributed by atoms with Crippen molar-refractivity contribution < 1.29 is 0 Å². The molecule has 132 valence electrons. The number of halogens is 2. The highest BCUT2D eigenvalue weighted by molar-refractivity contribution is 6.42. The molecule has 0 saturated carbocycles. The summed E-state index contributed by atoms with van der Waals surface area (Å²) in [6, 6.07) is 15.4. The molecule has 0 saturated heterocycles. The molecule has 0 aliphatic carbocycles. The van der Waals surface area contributed by atoms with E-state index in [1.54, 1.807) is 12.1 Å². The summed E-state index contributed by atoms with van der Waals surface area (Å²) in [4.78, 5) is 8.95. The number of nitrogens with one attached hydrogen (secondary N) is 1. The zero-order valence-electron chi connectivity index (χ0n) is 14.7. The number of rotatable bonds is 4. The Kier molecular flexibility index (Phi) is 5.55. The number of aromatic nitrogens is 2. The van der Waals surface area contributed by atoms with Crippen molar-refractivity contribution in [3.63, 3.8) is 0 Å². The number of nitrogens with zero attached hydrogens (tertiary/aromatic N) is 3. The van der Waals surface area contributed by atoms with Crippen LogP contribution in [0.1, 0.15) is 23.9 Å². The Balaban J connectivity index is 1.88. The van der Waals surface area contributed by atoms with Crippen molar-refractivity contribution in [2.75, 3.05) is 5.43 Å². The first kappa shape index (κ1) is 18.4. The van der Waals surface area contributed by atoms with Gasteiger partial charge in [-0.25, -0.2) is 9.97 Å². The first-order chi connectivity index (χ1) is 12.4. The van der Waals surface area contributed by atoms with E-state index in [9.17, 15) is 0 Å². The normalized spacial score (nSPS) is 11.5. The Morgan fingerprint density at radius 2 is 1.73 bits per heavy atom. The molecule has 0 aliphatic heterocycles. The number of benzene rings is 2. The molecule has 1 aromatic heterocycles. The lowest BCUT2D eigenvalue weighted by atomic mass is 10.1. The van der Waals surface area contributed by atoms with Gasteiger partial charge in [-0.15, -0.1) is 0 Å². The van der Waals surface area contributed by atoms with Crippen molar-refractivity contribution in [3.8, 4) is 11.3 Å². The Labute approximate surface area is 162 Å². The van der Waals surface area contributed by atoms with Crippen LogP contribution in [-0.2, 0) is 0 Å². The molecule has 0 spiro atoms. The number of aryl methyl sites for hydroxylation is 2. The van der Waals surface area contributed by atoms with Gasteiger partial charge in [0.1, 0.15) is 11.6 Å². The molecule has 1 N–H and O–H groups in total. The minimum atomic E-state index is 0.499. The summed E-state index contributed by atoms with van der Waals surface area (Å²) in [6.45, 7) is 5.82. The largest absolute Gasteiger partial charge is 0.261 e. The summed E-state index contributed by atoms with van der Waals surface area (Å²) in [5.41, 5.74) is 7.77. The summed E-state index contributed by atoms with van der Waals surface area (Å²) in [7, 11) is 0.